The van der Waals surface area contributed by atoms with Gasteiger partial charge in [-0.1, -0.05) is 0 Å². The van der Waals surface area contributed by atoms with Crippen molar-refractivity contribution < 1.29 is 28.9 Å². The molecule has 0 aliphatic carbocycles. The molecule has 0 radical (unpaired) electrons. The number of ether oxygens (including phenoxy) is 1. The van der Waals surface area contributed by atoms with Gasteiger partial charge in [-0.15, -0.1) is 0 Å². The van der Waals surface area contributed by atoms with Crippen LogP contribution < -0.4 is 0 Å². The molecule has 2 rings (SSSR count). The highest BCUT2D eigenvalue weighted by molar-refractivity contribution is 5.81. The van der Waals surface area contributed by atoms with E-state index in [1.54, 1.807) is 20.8 Å². The fourth-order valence-corrected chi connectivity index (χ4v) is 2.37. The molecule has 1 aliphatic heterocycles. The van der Waals surface area contributed by atoms with Crippen LogP contribution in [0.4, 0.5) is 9.18 Å². The van der Waals surface area contributed by atoms with E-state index in [1.807, 2.05) is 0 Å². The monoisotopic (exact) mass is 311 g/mol. The highest BCUT2D eigenvalue weighted by Crippen LogP contribution is 2.32. The summed E-state index contributed by atoms with van der Waals surface area (Å²) in [6.07, 6.45) is -1.03. The van der Waals surface area contributed by atoms with Crippen molar-refractivity contribution in [3.05, 3.63) is 29.1 Å². The molecular formula is C15H18FNO5. The molecule has 1 aromatic carbocycles. The Morgan fingerprint density at radius 1 is 1.32 bits per heavy atom. The Bertz CT molecular complexity index is 623. The highest BCUT2D eigenvalue weighted by atomic mass is 19.1. The summed E-state index contributed by atoms with van der Waals surface area (Å²) < 4.78 is 19.0. The average molecular weight is 311 g/mol. The number of benzene rings is 1. The van der Waals surface area contributed by atoms with Gasteiger partial charge in [-0.05, 0) is 38.5 Å². The second kappa shape index (κ2) is 5.47. The Labute approximate surface area is 127 Å². The Morgan fingerprint density at radius 3 is 2.50 bits per heavy atom. The fourth-order valence-electron chi connectivity index (χ4n) is 2.37. The van der Waals surface area contributed by atoms with Crippen molar-refractivity contribution in [2.45, 2.75) is 45.4 Å². The maximum atomic E-state index is 13.8. The molecule has 0 saturated heterocycles. The summed E-state index contributed by atoms with van der Waals surface area (Å²) >= 11 is 0. The lowest BCUT2D eigenvalue weighted by Crippen LogP contribution is -2.50. The van der Waals surface area contributed by atoms with Gasteiger partial charge in [0.15, 0.2) is 0 Å². The molecule has 7 heteroatoms. The van der Waals surface area contributed by atoms with Gasteiger partial charge < -0.3 is 14.9 Å². The number of phenolic OH excluding ortho intramolecular Hbond substituents is 1. The predicted molar refractivity (Wildman–Crippen MR) is 75.0 cm³/mol. The SMILES string of the molecule is CC(C)(C)OC(=O)N1Cc2c(O)ccc(F)c2CC1C(=O)O. The molecule has 1 amide bonds. The van der Waals surface area contributed by atoms with E-state index in [0.717, 1.165) is 11.0 Å². The van der Waals surface area contributed by atoms with Gasteiger partial charge in [0.2, 0.25) is 0 Å². The van der Waals surface area contributed by atoms with E-state index >= 15 is 0 Å². The normalized spacial score (nSPS) is 17.8. The van der Waals surface area contributed by atoms with E-state index in [1.165, 1.54) is 6.07 Å². The van der Waals surface area contributed by atoms with Crippen LogP contribution in [0, 0.1) is 5.82 Å². The number of carboxylic acids is 1. The van der Waals surface area contributed by atoms with Crippen LogP contribution in [-0.4, -0.2) is 38.8 Å². The van der Waals surface area contributed by atoms with Gasteiger partial charge in [0, 0.05) is 12.0 Å². The maximum Gasteiger partial charge on any atom is 0.411 e. The number of aromatic hydroxyl groups is 1. The molecule has 1 aromatic rings. The summed E-state index contributed by atoms with van der Waals surface area (Å²) in [5, 5.41) is 19.2. The molecule has 0 aromatic heterocycles. The lowest BCUT2D eigenvalue weighted by atomic mass is 9.93. The third kappa shape index (κ3) is 3.13. The molecule has 0 spiro atoms. The first kappa shape index (κ1) is 16.1. The number of rotatable bonds is 1. The molecule has 22 heavy (non-hydrogen) atoms. The maximum absolute atomic E-state index is 13.8. The number of hydrogen-bond acceptors (Lipinski definition) is 4. The third-order valence-corrected chi connectivity index (χ3v) is 3.36. The first-order valence-corrected chi connectivity index (χ1v) is 6.82. The Hall–Kier alpha value is -2.31. The summed E-state index contributed by atoms with van der Waals surface area (Å²) in [5.74, 6) is -2.02. The first-order chi connectivity index (χ1) is 10.1. The summed E-state index contributed by atoms with van der Waals surface area (Å²) in [6, 6.07) is 1.03. The zero-order valence-electron chi connectivity index (χ0n) is 12.6. The Balaban J connectivity index is 2.39. The Morgan fingerprint density at radius 2 is 1.95 bits per heavy atom. The summed E-state index contributed by atoms with van der Waals surface area (Å²) in [6.45, 7) is 4.77. The number of carbonyl (C=O) groups excluding carboxylic acids is 1. The second-order valence-electron chi connectivity index (χ2n) is 6.19. The molecular weight excluding hydrogens is 293 g/mol. The number of halogens is 1. The van der Waals surface area contributed by atoms with Crippen LogP contribution in [0.25, 0.3) is 0 Å². The highest BCUT2D eigenvalue weighted by Gasteiger charge is 2.39. The number of amides is 1. The van der Waals surface area contributed by atoms with Crippen LogP contribution in [0.3, 0.4) is 0 Å². The van der Waals surface area contributed by atoms with Gasteiger partial charge in [-0.3, -0.25) is 4.90 Å². The minimum Gasteiger partial charge on any atom is -0.508 e. The quantitative estimate of drug-likeness (QED) is 0.831. The summed E-state index contributed by atoms with van der Waals surface area (Å²) in [5.41, 5.74) is -0.458. The molecule has 0 fully saturated rings. The van der Waals surface area contributed by atoms with E-state index in [0.29, 0.717) is 0 Å². The number of phenols is 1. The molecule has 2 N–H and O–H groups in total. The predicted octanol–water partition coefficient (Wildman–Crippen LogP) is 2.28. The van der Waals surface area contributed by atoms with Crippen molar-refractivity contribution in [2.24, 2.45) is 0 Å². The minimum atomic E-state index is -1.25. The minimum absolute atomic E-state index is 0.118. The van der Waals surface area contributed by atoms with Crippen LogP contribution in [0.5, 0.6) is 5.75 Å². The van der Waals surface area contributed by atoms with Gasteiger partial charge >= 0.3 is 12.1 Å². The average Bonchev–Trinajstić information content (AvgIpc) is 2.39. The Kier molecular flexibility index (Phi) is 4.00. The molecule has 0 saturated carbocycles. The van der Waals surface area contributed by atoms with E-state index in [4.69, 9.17) is 4.74 Å². The number of hydrogen-bond donors (Lipinski definition) is 2. The van der Waals surface area contributed by atoms with Gasteiger partial charge in [0.1, 0.15) is 23.2 Å². The lowest BCUT2D eigenvalue weighted by molar-refractivity contribution is -0.143. The van der Waals surface area contributed by atoms with Gasteiger partial charge in [-0.25, -0.2) is 14.0 Å². The summed E-state index contributed by atoms with van der Waals surface area (Å²) in [4.78, 5) is 24.6. The first-order valence-electron chi connectivity index (χ1n) is 6.82. The van der Waals surface area contributed by atoms with Crippen molar-refractivity contribution in [3.63, 3.8) is 0 Å². The van der Waals surface area contributed by atoms with Crippen molar-refractivity contribution in [2.75, 3.05) is 0 Å². The standard InChI is InChI=1S/C15H18FNO5/c1-15(2,3)22-14(21)17-7-9-8(6-11(17)13(19)20)10(16)4-5-12(9)18/h4-5,11,18H,6-7H2,1-3H3,(H,19,20). The number of carboxylic acid groups (broad SMARTS) is 1. The van der Waals surface area contributed by atoms with Crippen molar-refractivity contribution in [1.82, 2.24) is 4.90 Å². The zero-order valence-corrected chi connectivity index (χ0v) is 12.6. The third-order valence-electron chi connectivity index (χ3n) is 3.36. The molecule has 120 valence electrons. The van der Waals surface area contributed by atoms with Gasteiger partial charge in [-0.2, -0.15) is 0 Å². The van der Waals surface area contributed by atoms with Crippen LogP contribution in [0.1, 0.15) is 31.9 Å². The smallest absolute Gasteiger partial charge is 0.411 e. The largest absolute Gasteiger partial charge is 0.508 e. The van der Waals surface area contributed by atoms with E-state index in [-0.39, 0.29) is 29.8 Å². The number of nitrogens with zero attached hydrogens (tertiary/aromatic N) is 1. The van der Waals surface area contributed by atoms with Crippen LogP contribution >= 0.6 is 0 Å². The molecule has 1 unspecified atom stereocenters. The number of carbonyl (C=O) groups is 2. The van der Waals surface area contributed by atoms with Gasteiger partial charge in [0.25, 0.3) is 0 Å². The number of fused-ring (bicyclic) bond motifs is 1. The second-order valence-corrected chi connectivity index (χ2v) is 6.19. The van der Waals surface area contributed by atoms with E-state index < -0.39 is 29.5 Å². The molecule has 6 nitrogen and oxygen atoms in total. The van der Waals surface area contributed by atoms with Crippen LogP contribution in [-0.2, 0) is 22.5 Å². The van der Waals surface area contributed by atoms with Crippen molar-refractivity contribution in [3.8, 4) is 5.75 Å². The van der Waals surface area contributed by atoms with Crippen molar-refractivity contribution >= 4 is 12.1 Å². The zero-order chi connectivity index (χ0) is 16.7. The molecule has 0 bridgehead atoms. The van der Waals surface area contributed by atoms with Crippen LogP contribution in [0.2, 0.25) is 0 Å². The number of aliphatic carboxylic acids is 1. The van der Waals surface area contributed by atoms with Crippen molar-refractivity contribution in [1.29, 1.82) is 0 Å². The molecule has 1 heterocycles. The van der Waals surface area contributed by atoms with Crippen LogP contribution in [0.15, 0.2) is 12.1 Å². The fraction of sp³-hybridized carbons (Fsp3) is 0.467. The van der Waals surface area contributed by atoms with E-state index in [2.05, 4.69) is 0 Å². The van der Waals surface area contributed by atoms with Gasteiger partial charge in [0.05, 0.1) is 6.54 Å². The molecule has 1 atom stereocenters. The summed E-state index contributed by atoms with van der Waals surface area (Å²) in [7, 11) is 0. The van der Waals surface area contributed by atoms with E-state index in [9.17, 15) is 24.2 Å². The lowest BCUT2D eigenvalue weighted by Gasteiger charge is -2.35. The molecule has 1 aliphatic rings. The topological polar surface area (TPSA) is 87.1 Å².